The lowest BCUT2D eigenvalue weighted by Crippen LogP contribution is -2.41. The maximum Gasteiger partial charge on any atom is 0.222 e. The zero-order chi connectivity index (χ0) is 19.1. The van der Waals surface area contributed by atoms with Gasteiger partial charge in [-0.15, -0.1) is 0 Å². The minimum absolute atomic E-state index is 0.0586. The zero-order valence-corrected chi connectivity index (χ0v) is 15.6. The molecule has 3 rings (SSSR count). The van der Waals surface area contributed by atoms with Gasteiger partial charge < -0.3 is 16.0 Å². The monoisotopic (exact) mass is 365 g/mol. The third-order valence-electron chi connectivity index (χ3n) is 5.10. The number of benzene rings is 2. The number of nitrogens with two attached hydrogens (primary N) is 1. The Hall–Kier alpha value is -2.82. The van der Waals surface area contributed by atoms with E-state index in [0.29, 0.717) is 19.5 Å². The number of anilines is 1. The Bertz CT molecular complexity index is 759. The van der Waals surface area contributed by atoms with E-state index in [-0.39, 0.29) is 17.7 Å². The van der Waals surface area contributed by atoms with Crippen LogP contribution in [0, 0.1) is 5.92 Å². The first kappa shape index (κ1) is 19.0. The summed E-state index contributed by atoms with van der Waals surface area (Å²) in [6.45, 7) is 2.15. The first-order valence-electron chi connectivity index (χ1n) is 9.55. The van der Waals surface area contributed by atoms with E-state index in [1.165, 1.54) is 5.56 Å². The van der Waals surface area contributed by atoms with Crippen LogP contribution in [0.2, 0.25) is 0 Å². The van der Waals surface area contributed by atoms with Gasteiger partial charge in [0.25, 0.3) is 0 Å². The van der Waals surface area contributed by atoms with Crippen LogP contribution in [0.5, 0.6) is 0 Å². The molecule has 0 bridgehead atoms. The Morgan fingerprint density at radius 2 is 1.78 bits per heavy atom. The standard InChI is InChI=1S/C22H27N3O2/c23-22(27)19-7-4-14-25(16-19)20-11-8-18(9-12-20)15-24-21(26)13-10-17-5-2-1-3-6-17/h1-3,5-6,8-9,11-12,19H,4,7,10,13-16H2,(H2,23,27)(H,24,26)/t19-/m1/s1. The molecule has 0 spiro atoms. The maximum atomic E-state index is 12.0. The molecular formula is C22H27N3O2. The van der Waals surface area contributed by atoms with E-state index in [1.54, 1.807) is 0 Å². The van der Waals surface area contributed by atoms with Gasteiger partial charge in [0.05, 0.1) is 5.92 Å². The molecule has 1 fully saturated rings. The van der Waals surface area contributed by atoms with Crippen molar-refractivity contribution in [3.8, 4) is 0 Å². The highest BCUT2D eigenvalue weighted by molar-refractivity contribution is 5.77. The molecule has 0 saturated carbocycles. The molecule has 1 aliphatic heterocycles. The summed E-state index contributed by atoms with van der Waals surface area (Å²) in [5.41, 5.74) is 8.79. The average molecular weight is 365 g/mol. The molecule has 2 aromatic carbocycles. The summed E-state index contributed by atoms with van der Waals surface area (Å²) >= 11 is 0. The van der Waals surface area contributed by atoms with Crippen LogP contribution in [0.15, 0.2) is 54.6 Å². The summed E-state index contributed by atoms with van der Waals surface area (Å²) in [6.07, 6.45) is 3.09. The van der Waals surface area contributed by atoms with Gasteiger partial charge in [-0.2, -0.15) is 0 Å². The summed E-state index contributed by atoms with van der Waals surface area (Å²) in [4.78, 5) is 25.7. The summed E-state index contributed by atoms with van der Waals surface area (Å²) < 4.78 is 0. The highest BCUT2D eigenvalue weighted by Crippen LogP contribution is 2.23. The summed E-state index contributed by atoms with van der Waals surface area (Å²) in [5, 5.41) is 2.98. The molecule has 1 saturated heterocycles. The third-order valence-corrected chi connectivity index (χ3v) is 5.10. The fraction of sp³-hybridized carbons (Fsp3) is 0.364. The predicted octanol–water partition coefficient (Wildman–Crippen LogP) is 2.64. The van der Waals surface area contributed by atoms with Gasteiger partial charge in [-0.3, -0.25) is 9.59 Å². The van der Waals surface area contributed by atoms with Gasteiger partial charge in [-0.25, -0.2) is 0 Å². The Labute approximate surface area is 160 Å². The van der Waals surface area contributed by atoms with Gasteiger partial charge in [0.15, 0.2) is 0 Å². The number of primary amides is 1. The molecule has 3 N–H and O–H groups in total. The van der Waals surface area contributed by atoms with Gasteiger partial charge in [0.2, 0.25) is 11.8 Å². The lowest BCUT2D eigenvalue weighted by Gasteiger charge is -2.33. The normalized spacial score (nSPS) is 16.7. The molecule has 0 unspecified atom stereocenters. The number of nitrogens with zero attached hydrogens (tertiary/aromatic N) is 1. The lowest BCUT2D eigenvalue weighted by atomic mass is 9.97. The summed E-state index contributed by atoms with van der Waals surface area (Å²) in [6, 6.07) is 18.2. The third kappa shape index (κ3) is 5.58. The van der Waals surface area contributed by atoms with Crippen LogP contribution in [0.25, 0.3) is 0 Å². The van der Waals surface area contributed by atoms with E-state index >= 15 is 0 Å². The van der Waals surface area contributed by atoms with Gasteiger partial charge in [0, 0.05) is 31.7 Å². The number of piperidine rings is 1. The van der Waals surface area contributed by atoms with Crippen LogP contribution in [0.1, 0.15) is 30.4 Å². The molecule has 1 atom stereocenters. The smallest absolute Gasteiger partial charge is 0.222 e. The summed E-state index contributed by atoms with van der Waals surface area (Å²) in [5.74, 6) is -0.222. The van der Waals surface area contributed by atoms with E-state index < -0.39 is 0 Å². The second-order valence-corrected chi connectivity index (χ2v) is 7.12. The number of hydrogen-bond donors (Lipinski definition) is 2. The van der Waals surface area contributed by atoms with E-state index in [1.807, 2.05) is 42.5 Å². The zero-order valence-electron chi connectivity index (χ0n) is 15.6. The maximum absolute atomic E-state index is 12.0. The van der Waals surface area contributed by atoms with Crippen LogP contribution in [0.3, 0.4) is 0 Å². The SMILES string of the molecule is NC(=O)[C@@H]1CCCN(c2ccc(CNC(=O)CCc3ccccc3)cc2)C1. The molecule has 2 amide bonds. The minimum atomic E-state index is -0.213. The molecule has 27 heavy (non-hydrogen) atoms. The molecule has 1 heterocycles. The van der Waals surface area contributed by atoms with Gasteiger partial charge >= 0.3 is 0 Å². The van der Waals surface area contributed by atoms with Crippen LogP contribution >= 0.6 is 0 Å². The molecule has 1 aliphatic rings. The van der Waals surface area contributed by atoms with Crippen LogP contribution in [0.4, 0.5) is 5.69 Å². The number of hydrogen-bond acceptors (Lipinski definition) is 3. The Kier molecular flexibility index (Phi) is 6.47. The largest absolute Gasteiger partial charge is 0.371 e. The van der Waals surface area contributed by atoms with E-state index in [2.05, 4.69) is 22.3 Å². The van der Waals surface area contributed by atoms with Gasteiger partial charge in [-0.1, -0.05) is 42.5 Å². The fourth-order valence-corrected chi connectivity index (χ4v) is 3.46. The second-order valence-electron chi connectivity index (χ2n) is 7.12. The number of carbonyl (C=O) groups is 2. The van der Waals surface area contributed by atoms with Crippen LogP contribution in [-0.4, -0.2) is 24.9 Å². The van der Waals surface area contributed by atoms with Gasteiger partial charge in [-0.05, 0) is 42.5 Å². The molecule has 5 heteroatoms. The molecule has 0 radical (unpaired) electrons. The van der Waals surface area contributed by atoms with Gasteiger partial charge in [0.1, 0.15) is 0 Å². The second kappa shape index (κ2) is 9.21. The van der Waals surface area contributed by atoms with Crippen LogP contribution in [-0.2, 0) is 22.6 Å². The number of carbonyl (C=O) groups excluding carboxylic acids is 2. The van der Waals surface area contributed by atoms with Crippen molar-refractivity contribution in [3.05, 3.63) is 65.7 Å². The molecule has 142 valence electrons. The quantitative estimate of drug-likeness (QED) is 0.792. The van der Waals surface area contributed by atoms with E-state index in [4.69, 9.17) is 5.73 Å². The van der Waals surface area contributed by atoms with Crippen molar-refractivity contribution in [2.24, 2.45) is 11.7 Å². The highest BCUT2D eigenvalue weighted by atomic mass is 16.2. The van der Waals surface area contributed by atoms with Crippen molar-refractivity contribution in [1.82, 2.24) is 5.32 Å². The predicted molar refractivity (Wildman–Crippen MR) is 107 cm³/mol. The number of nitrogens with one attached hydrogen (secondary N) is 1. The molecule has 2 aromatic rings. The Morgan fingerprint density at radius 1 is 1.04 bits per heavy atom. The number of aryl methyl sites for hydroxylation is 1. The van der Waals surface area contributed by atoms with Crippen molar-refractivity contribution in [2.45, 2.75) is 32.2 Å². The fourth-order valence-electron chi connectivity index (χ4n) is 3.46. The van der Waals surface area contributed by atoms with Crippen molar-refractivity contribution >= 4 is 17.5 Å². The van der Waals surface area contributed by atoms with E-state index in [9.17, 15) is 9.59 Å². The molecule has 5 nitrogen and oxygen atoms in total. The first-order valence-corrected chi connectivity index (χ1v) is 9.55. The highest BCUT2D eigenvalue weighted by Gasteiger charge is 2.23. The average Bonchev–Trinajstić information content (AvgIpc) is 2.72. The molecule has 0 aliphatic carbocycles. The van der Waals surface area contributed by atoms with E-state index in [0.717, 1.165) is 37.1 Å². The molecule has 0 aromatic heterocycles. The topological polar surface area (TPSA) is 75.4 Å². The molecular weight excluding hydrogens is 338 g/mol. The van der Waals surface area contributed by atoms with Crippen molar-refractivity contribution < 1.29 is 9.59 Å². The summed E-state index contributed by atoms with van der Waals surface area (Å²) in [7, 11) is 0. The number of rotatable bonds is 7. The van der Waals surface area contributed by atoms with Crippen molar-refractivity contribution in [2.75, 3.05) is 18.0 Å². The lowest BCUT2D eigenvalue weighted by molar-refractivity contribution is -0.122. The first-order chi connectivity index (χ1) is 13.1. The van der Waals surface area contributed by atoms with Crippen molar-refractivity contribution in [1.29, 1.82) is 0 Å². The minimum Gasteiger partial charge on any atom is -0.371 e. The Morgan fingerprint density at radius 3 is 2.48 bits per heavy atom. The van der Waals surface area contributed by atoms with Crippen LogP contribution < -0.4 is 16.0 Å². The number of amides is 2. The Balaban J connectivity index is 1.46. The van der Waals surface area contributed by atoms with Crippen molar-refractivity contribution in [3.63, 3.8) is 0 Å².